The van der Waals surface area contributed by atoms with Crippen molar-refractivity contribution in [2.24, 2.45) is 17.6 Å². The summed E-state index contributed by atoms with van der Waals surface area (Å²) in [4.78, 5) is 11.9. The molecule has 0 aliphatic rings. The molecule has 17 heavy (non-hydrogen) atoms. The van der Waals surface area contributed by atoms with Crippen molar-refractivity contribution >= 4 is 11.6 Å². The molecule has 0 aliphatic carbocycles. The van der Waals surface area contributed by atoms with E-state index in [1.165, 1.54) is 6.07 Å². The van der Waals surface area contributed by atoms with E-state index in [1.807, 2.05) is 0 Å². The van der Waals surface area contributed by atoms with E-state index in [-0.39, 0.29) is 17.6 Å². The standard InChI is InChI=1S/C13H20N2O2/c1-9(2)6-10(8-14)13(17)15-11-4-3-5-12(16)7-11/h3-5,7,9-10,16H,6,8,14H2,1-2H3,(H,15,17). The maximum absolute atomic E-state index is 11.9. The van der Waals surface area contributed by atoms with Gasteiger partial charge in [0.25, 0.3) is 0 Å². The number of carbonyl (C=O) groups excluding carboxylic acids is 1. The summed E-state index contributed by atoms with van der Waals surface area (Å²) in [6.07, 6.45) is 0.765. The largest absolute Gasteiger partial charge is 0.508 e. The normalized spacial score (nSPS) is 12.5. The van der Waals surface area contributed by atoms with Crippen molar-refractivity contribution in [3.63, 3.8) is 0 Å². The van der Waals surface area contributed by atoms with Crippen molar-refractivity contribution in [2.75, 3.05) is 11.9 Å². The van der Waals surface area contributed by atoms with Crippen LogP contribution in [0.3, 0.4) is 0 Å². The van der Waals surface area contributed by atoms with Gasteiger partial charge in [-0.1, -0.05) is 19.9 Å². The molecule has 4 nitrogen and oxygen atoms in total. The molecule has 0 aliphatic heterocycles. The van der Waals surface area contributed by atoms with Gasteiger partial charge in [0.15, 0.2) is 0 Å². The van der Waals surface area contributed by atoms with Gasteiger partial charge in [0, 0.05) is 18.3 Å². The third kappa shape index (κ3) is 4.44. The number of hydrogen-bond acceptors (Lipinski definition) is 3. The van der Waals surface area contributed by atoms with E-state index in [2.05, 4.69) is 19.2 Å². The Morgan fingerprint density at radius 3 is 2.71 bits per heavy atom. The topological polar surface area (TPSA) is 75.4 Å². The molecule has 1 atom stereocenters. The van der Waals surface area contributed by atoms with E-state index in [0.29, 0.717) is 18.2 Å². The van der Waals surface area contributed by atoms with Crippen molar-refractivity contribution in [3.8, 4) is 5.75 Å². The lowest BCUT2D eigenvalue weighted by atomic mass is 9.96. The number of benzene rings is 1. The zero-order chi connectivity index (χ0) is 12.8. The Labute approximate surface area is 102 Å². The number of rotatable bonds is 5. The summed E-state index contributed by atoms with van der Waals surface area (Å²) in [5.41, 5.74) is 6.19. The zero-order valence-electron chi connectivity index (χ0n) is 10.3. The van der Waals surface area contributed by atoms with Crippen molar-refractivity contribution in [1.29, 1.82) is 0 Å². The number of amides is 1. The summed E-state index contributed by atoms with van der Waals surface area (Å²) >= 11 is 0. The third-order valence-electron chi connectivity index (χ3n) is 2.52. The van der Waals surface area contributed by atoms with Crippen LogP contribution in [0.15, 0.2) is 24.3 Å². The molecule has 1 aromatic carbocycles. The van der Waals surface area contributed by atoms with Crippen LogP contribution in [0.2, 0.25) is 0 Å². The summed E-state index contributed by atoms with van der Waals surface area (Å²) < 4.78 is 0. The molecule has 1 rings (SSSR count). The molecular weight excluding hydrogens is 216 g/mol. The predicted octanol–water partition coefficient (Wildman–Crippen LogP) is 1.95. The van der Waals surface area contributed by atoms with Crippen molar-refractivity contribution in [2.45, 2.75) is 20.3 Å². The Morgan fingerprint density at radius 2 is 2.18 bits per heavy atom. The van der Waals surface area contributed by atoms with E-state index < -0.39 is 0 Å². The lowest BCUT2D eigenvalue weighted by Gasteiger charge is -2.16. The Balaban J connectivity index is 2.64. The minimum atomic E-state index is -0.183. The van der Waals surface area contributed by atoms with Crippen LogP contribution in [0.25, 0.3) is 0 Å². The molecule has 1 aromatic rings. The maximum atomic E-state index is 11.9. The molecular formula is C13H20N2O2. The van der Waals surface area contributed by atoms with Gasteiger partial charge in [-0.15, -0.1) is 0 Å². The van der Waals surface area contributed by atoms with Crippen LogP contribution in [-0.2, 0) is 4.79 Å². The first-order valence-electron chi connectivity index (χ1n) is 5.83. The van der Waals surface area contributed by atoms with Gasteiger partial charge < -0.3 is 16.2 Å². The van der Waals surface area contributed by atoms with Gasteiger partial charge in [-0.2, -0.15) is 0 Å². The predicted molar refractivity (Wildman–Crippen MR) is 68.7 cm³/mol. The minimum absolute atomic E-state index is 0.0909. The van der Waals surface area contributed by atoms with Gasteiger partial charge in [0.1, 0.15) is 5.75 Å². The second-order valence-electron chi connectivity index (χ2n) is 4.60. The van der Waals surface area contributed by atoms with E-state index >= 15 is 0 Å². The van der Waals surface area contributed by atoms with E-state index in [9.17, 15) is 9.90 Å². The highest BCUT2D eigenvalue weighted by atomic mass is 16.3. The molecule has 94 valence electrons. The highest BCUT2D eigenvalue weighted by Gasteiger charge is 2.18. The fourth-order valence-electron chi connectivity index (χ4n) is 1.71. The van der Waals surface area contributed by atoms with Crippen LogP contribution in [-0.4, -0.2) is 17.6 Å². The molecule has 4 N–H and O–H groups in total. The van der Waals surface area contributed by atoms with Gasteiger partial charge in [-0.25, -0.2) is 0 Å². The minimum Gasteiger partial charge on any atom is -0.508 e. The fourth-order valence-corrected chi connectivity index (χ4v) is 1.71. The van der Waals surface area contributed by atoms with Crippen LogP contribution in [0.5, 0.6) is 5.75 Å². The SMILES string of the molecule is CC(C)CC(CN)C(=O)Nc1cccc(O)c1. The second-order valence-corrected chi connectivity index (χ2v) is 4.60. The highest BCUT2D eigenvalue weighted by Crippen LogP contribution is 2.18. The Bertz CT molecular complexity index is 377. The molecule has 1 amide bonds. The number of nitrogens with one attached hydrogen (secondary N) is 1. The van der Waals surface area contributed by atoms with Gasteiger partial charge in [0.05, 0.1) is 5.92 Å². The Kier molecular flexibility index (Phi) is 4.97. The van der Waals surface area contributed by atoms with Crippen LogP contribution in [0.1, 0.15) is 20.3 Å². The average molecular weight is 236 g/mol. The fraction of sp³-hybridized carbons (Fsp3) is 0.462. The first-order valence-corrected chi connectivity index (χ1v) is 5.83. The summed E-state index contributed by atoms with van der Waals surface area (Å²) in [5, 5.41) is 12.1. The van der Waals surface area contributed by atoms with Crippen molar-refractivity contribution in [3.05, 3.63) is 24.3 Å². The summed E-state index contributed by atoms with van der Waals surface area (Å²) in [5.74, 6) is 0.290. The molecule has 0 radical (unpaired) electrons. The van der Waals surface area contributed by atoms with Crippen molar-refractivity contribution in [1.82, 2.24) is 0 Å². The number of anilines is 1. The second kappa shape index (κ2) is 6.25. The van der Waals surface area contributed by atoms with Crippen LogP contribution >= 0.6 is 0 Å². The quantitative estimate of drug-likeness (QED) is 0.731. The lowest BCUT2D eigenvalue weighted by Crippen LogP contribution is -2.30. The number of nitrogens with two attached hydrogens (primary N) is 1. The third-order valence-corrected chi connectivity index (χ3v) is 2.52. The summed E-state index contributed by atoms with van der Waals surface area (Å²) in [6.45, 7) is 4.46. The maximum Gasteiger partial charge on any atom is 0.228 e. The zero-order valence-corrected chi connectivity index (χ0v) is 10.3. The molecule has 0 bridgehead atoms. The van der Waals surface area contributed by atoms with Gasteiger partial charge in [0.2, 0.25) is 5.91 Å². The smallest absolute Gasteiger partial charge is 0.228 e. The molecule has 0 saturated carbocycles. The summed E-state index contributed by atoms with van der Waals surface area (Å²) in [7, 11) is 0. The van der Waals surface area contributed by atoms with Crippen LogP contribution < -0.4 is 11.1 Å². The molecule has 4 heteroatoms. The number of carbonyl (C=O) groups is 1. The first kappa shape index (κ1) is 13.5. The van der Waals surface area contributed by atoms with E-state index in [0.717, 1.165) is 6.42 Å². The molecule has 0 heterocycles. The number of phenolic OH excluding ortho intramolecular Hbond substituents is 1. The molecule has 0 aromatic heterocycles. The average Bonchev–Trinajstić information content (AvgIpc) is 2.25. The van der Waals surface area contributed by atoms with E-state index in [4.69, 9.17) is 5.73 Å². The first-order chi connectivity index (χ1) is 8.02. The summed E-state index contributed by atoms with van der Waals surface area (Å²) in [6, 6.07) is 6.50. The number of aromatic hydroxyl groups is 1. The highest BCUT2D eigenvalue weighted by molar-refractivity contribution is 5.92. The van der Waals surface area contributed by atoms with E-state index in [1.54, 1.807) is 18.2 Å². The Hall–Kier alpha value is -1.55. The Morgan fingerprint density at radius 1 is 1.47 bits per heavy atom. The monoisotopic (exact) mass is 236 g/mol. The molecule has 0 spiro atoms. The van der Waals surface area contributed by atoms with Crippen LogP contribution in [0, 0.1) is 11.8 Å². The van der Waals surface area contributed by atoms with Crippen LogP contribution in [0.4, 0.5) is 5.69 Å². The van der Waals surface area contributed by atoms with Gasteiger partial charge in [-0.05, 0) is 24.5 Å². The van der Waals surface area contributed by atoms with Gasteiger partial charge >= 0.3 is 0 Å². The van der Waals surface area contributed by atoms with Crippen molar-refractivity contribution < 1.29 is 9.90 Å². The lowest BCUT2D eigenvalue weighted by molar-refractivity contribution is -0.120. The molecule has 1 unspecified atom stereocenters. The molecule has 0 saturated heterocycles. The molecule has 0 fully saturated rings. The number of hydrogen-bond donors (Lipinski definition) is 3. The van der Waals surface area contributed by atoms with Gasteiger partial charge in [-0.3, -0.25) is 4.79 Å². The number of phenols is 1.